The summed E-state index contributed by atoms with van der Waals surface area (Å²) in [5.41, 5.74) is 0. The maximum absolute atomic E-state index is 11.7. The number of sulfone groups is 1. The van der Waals surface area contributed by atoms with Gasteiger partial charge in [-0.3, -0.25) is 4.79 Å². The van der Waals surface area contributed by atoms with Crippen molar-refractivity contribution < 1.29 is 13.2 Å². The van der Waals surface area contributed by atoms with Crippen LogP contribution in [0.15, 0.2) is 0 Å². The van der Waals surface area contributed by atoms with E-state index in [0.717, 1.165) is 19.4 Å². The summed E-state index contributed by atoms with van der Waals surface area (Å²) in [7, 11) is -2.90. The van der Waals surface area contributed by atoms with Gasteiger partial charge >= 0.3 is 0 Å². The number of piperidine rings is 1. The molecule has 1 amide bonds. The second-order valence-electron chi connectivity index (χ2n) is 5.35. The van der Waals surface area contributed by atoms with Crippen LogP contribution in [0.2, 0.25) is 0 Å². The van der Waals surface area contributed by atoms with Gasteiger partial charge in [-0.25, -0.2) is 8.42 Å². The Hall–Kier alpha value is -0.620. The zero-order valence-corrected chi connectivity index (χ0v) is 11.5. The fraction of sp³-hybridized carbons (Fsp3) is 0.917. The predicted octanol–water partition coefficient (Wildman–Crippen LogP) is 0.212. The van der Waals surface area contributed by atoms with Gasteiger partial charge in [0.15, 0.2) is 9.84 Å². The van der Waals surface area contributed by atoms with E-state index in [2.05, 4.69) is 10.6 Å². The van der Waals surface area contributed by atoms with Gasteiger partial charge in [-0.2, -0.15) is 0 Å². The molecule has 0 saturated carbocycles. The molecule has 18 heavy (non-hydrogen) atoms. The lowest BCUT2D eigenvalue weighted by Crippen LogP contribution is -2.38. The lowest BCUT2D eigenvalue weighted by atomic mass is 10.0. The quantitative estimate of drug-likeness (QED) is 0.768. The molecular weight excluding hydrogens is 252 g/mol. The number of carbonyl (C=O) groups excluding carboxylic acids is 1. The number of rotatable bonds is 4. The molecule has 0 spiro atoms. The molecule has 6 heteroatoms. The molecule has 2 unspecified atom stereocenters. The highest BCUT2D eigenvalue weighted by molar-refractivity contribution is 7.91. The maximum Gasteiger partial charge on any atom is 0.220 e. The summed E-state index contributed by atoms with van der Waals surface area (Å²) in [6, 6.07) is 0.290. The maximum atomic E-state index is 11.7. The first kappa shape index (κ1) is 13.8. The molecule has 2 aliphatic heterocycles. The molecule has 2 aliphatic rings. The van der Waals surface area contributed by atoms with Crippen molar-refractivity contribution in [2.24, 2.45) is 0 Å². The fourth-order valence-electron chi connectivity index (χ4n) is 2.68. The Balaban J connectivity index is 1.66. The minimum Gasteiger partial charge on any atom is -0.352 e. The highest BCUT2D eigenvalue weighted by atomic mass is 32.2. The van der Waals surface area contributed by atoms with E-state index >= 15 is 0 Å². The summed E-state index contributed by atoms with van der Waals surface area (Å²) >= 11 is 0. The normalized spacial score (nSPS) is 31.1. The molecular formula is C12H22N2O3S. The summed E-state index contributed by atoms with van der Waals surface area (Å²) in [4.78, 5) is 11.7. The lowest BCUT2D eigenvalue weighted by Gasteiger charge is -2.23. The number of hydrogen-bond acceptors (Lipinski definition) is 4. The summed E-state index contributed by atoms with van der Waals surface area (Å²) in [6.45, 7) is 1.05. The Labute approximate surface area is 109 Å². The third-order valence-electron chi connectivity index (χ3n) is 3.73. The molecule has 0 aromatic carbocycles. The van der Waals surface area contributed by atoms with Crippen LogP contribution in [0, 0.1) is 0 Å². The average Bonchev–Trinajstić information content (AvgIpc) is 2.67. The van der Waals surface area contributed by atoms with Gasteiger partial charge in [-0.15, -0.1) is 0 Å². The minimum atomic E-state index is -2.90. The van der Waals surface area contributed by atoms with Gasteiger partial charge < -0.3 is 10.6 Å². The molecule has 0 aromatic heterocycles. The Morgan fingerprint density at radius 3 is 2.72 bits per heavy atom. The predicted molar refractivity (Wildman–Crippen MR) is 70.1 cm³/mol. The van der Waals surface area contributed by atoms with Gasteiger partial charge in [0.05, 0.1) is 11.5 Å². The Kier molecular flexibility index (Phi) is 4.61. The van der Waals surface area contributed by atoms with E-state index in [1.807, 2.05) is 0 Å². The molecule has 2 rings (SSSR count). The SMILES string of the molecule is O=C(CCC1CCCCN1)NC1CCS(=O)(=O)C1. The smallest absolute Gasteiger partial charge is 0.220 e. The van der Waals surface area contributed by atoms with E-state index < -0.39 is 9.84 Å². The highest BCUT2D eigenvalue weighted by Gasteiger charge is 2.28. The fourth-order valence-corrected chi connectivity index (χ4v) is 4.36. The first-order chi connectivity index (χ1) is 8.55. The van der Waals surface area contributed by atoms with Crippen molar-refractivity contribution in [3.8, 4) is 0 Å². The second kappa shape index (κ2) is 6.02. The first-order valence-electron chi connectivity index (χ1n) is 6.78. The van der Waals surface area contributed by atoms with Crippen molar-refractivity contribution in [3.63, 3.8) is 0 Å². The van der Waals surface area contributed by atoms with Gasteiger partial charge in [0.25, 0.3) is 0 Å². The number of amides is 1. The molecule has 2 fully saturated rings. The van der Waals surface area contributed by atoms with E-state index in [1.165, 1.54) is 12.8 Å². The van der Waals surface area contributed by atoms with Crippen molar-refractivity contribution in [1.29, 1.82) is 0 Å². The standard InChI is InChI=1S/C12H22N2O3S/c15-12(5-4-10-3-1-2-7-13-10)14-11-6-8-18(16,17)9-11/h10-11,13H,1-9H2,(H,14,15). The van der Waals surface area contributed by atoms with Crippen molar-refractivity contribution >= 4 is 15.7 Å². The first-order valence-corrected chi connectivity index (χ1v) is 8.60. The van der Waals surface area contributed by atoms with Crippen LogP contribution in [0.4, 0.5) is 0 Å². The van der Waals surface area contributed by atoms with Crippen LogP contribution < -0.4 is 10.6 Å². The van der Waals surface area contributed by atoms with Crippen molar-refractivity contribution in [1.82, 2.24) is 10.6 Å². The zero-order chi connectivity index (χ0) is 13.0. The van der Waals surface area contributed by atoms with Gasteiger partial charge in [0.2, 0.25) is 5.91 Å². The molecule has 0 aliphatic carbocycles. The largest absolute Gasteiger partial charge is 0.352 e. The molecule has 0 radical (unpaired) electrons. The monoisotopic (exact) mass is 274 g/mol. The molecule has 0 aromatic rings. The second-order valence-corrected chi connectivity index (χ2v) is 7.58. The highest BCUT2D eigenvalue weighted by Crippen LogP contribution is 2.13. The topological polar surface area (TPSA) is 75.3 Å². The molecule has 2 N–H and O–H groups in total. The molecule has 0 bridgehead atoms. The van der Waals surface area contributed by atoms with Crippen LogP contribution in [-0.2, 0) is 14.6 Å². The number of hydrogen-bond donors (Lipinski definition) is 2. The van der Waals surface area contributed by atoms with Crippen molar-refractivity contribution in [2.45, 2.75) is 50.6 Å². The molecule has 2 saturated heterocycles. The Morgan fingerprint density at radius 2 is 2.11 bits per heavy atom. The van der Waals surface area contributed by atoms with Crippen molar-refractivity contribution in [2.75, 3.05) is 18.1 Å². The summed E-state index contributed by atoms with van der Waals surface area (Å²) < 4.78 is 22.5. The van der Waals surface area contributed by atoms with E-state index in [4.69, 9.17) is 0 Å². The van der Waals surface area contributed by atoms with Crippen molar-refractivity contribution in [3.05, 3.63) is 0 Å². The third kappa shape index (κ3) is 4.24. The van der Waals surface area contributed by atoms with E-state index in [1.54, 1.807) is 0 Å². The Morgan fingerprint density at radius 1 is 1.28 bits per heavy atom. The zero-order valence-electron chi connectivity index (χ0n) is 10.7. The molecule has 2 heterocycles. The minimum absolute atomic E-state index is 0.00975. The van der Waals surface area contributed by atoms with Crippen LogP contribution in [0.3, 0.4) is 0 Å². The average molecular weight is 274 g/mol. The molecule has 2 atom stereocenters. The summed E-state index contributed by atoms with van der Waals surface area (Å²) in [5, 5.41) is 6.23. The van der Waals surface area contributed by atoms with Gasteiger partial charge in [-0.05, 0) is 32.2 Å². The molecule has 104 valence electrons. The van der Waals surface area contributed by atoms with Gasteiger partial charge in [0.1, 0.15) is 0 Å². The van der Waals surface area contributed by atoms with Gasteiger partial charge in [-0.1, -0.05) is 6.42 Å². The summed E-state index contributed by atoms with van der Waals surface area (Å²) in [5.74, 6) is 0.312. The van der Waals surface area contributed by atoms with Crippen LogP contribution in [0.5, 0.6) is 0 Å². The molecule has 5 nitrogen and oxygen atoms in total. The number of nitrogens with one attached hydrogen (secondary N) is 2. The number of carbonyl (C=O) groups is 1. The Bertz CT molecular complexity index is 388. The van der Waals surface area contributed by atoms with E-state index in [9.17, 15) is 13.2 Å². The third-order valence-corrected chi connectivity index (χ3v) is 5.50. The summed E-state index contributed by atoms with van der Waals surface area (Å²) in [6.07, 6.45) is 5.52. The van der Waals surface area contributed by atoms with Crippen LogP contribution in [-0.4, -0.2) is 44.5 Å². The van der Waals surface area contributed by atoms with Gasteiger partial charge in [0, 0.05) is 18.5 Å². The van der Waals surface area contributed by atoms with Crippen LogP contribution in [0.25, 0.3) is 0 Å². The van der Waals surface area contributed by atoms with Crippen LogP contribution >= 0.6 is 0 Å². The lowest BCUT2D eigenvalue weighted by molar-refractivity contribution is -0.121. The van der Waals surface area contributed by atoms with Crippen LogP contribution in [0.1, 0.15) is 38.5 Å². The van der Waals surface area contributed by atoms with E-state index in [-0.39, 0.29) is 23.5 Å². The van der Waals surface area contributed by atoms with E-state index in [0.29, 0.717) is 18.9 Å².